The maximum absolute atomic E-state index is 11.3. The summed E-state index contributed by atoms with van der Waals surface area (Å²) in [4.78, 5) is 0. The molecule has 0 aliphatic carbocycles. The van der Waals surface area contributed by atoms with Gasteiger partial charge in [-0.1, -0.05) is 0 Å². The van der Waals surface area contributed by atoms with Crippen molar-refractivity contribution in [2.75, 3.05) is 45.9 Å². The predicted octanol–water partition coefficient (Wildman–Crippen LogP) is 0.125. The van der Waals surface area contributed by atoms with Crippen LogP contribution in [0.15, 0.2) is 0 Å². The summed E-state index contributed by atoms with van der Waals surface area (Å²) in [7, 11) is -1.85. The summed E-state index contributed by atoms with van der Waals surface area (Å²) < 4.78 is 38.4. The number of rotatable bonds is 8. The first kappa shape index (κ1) is 15.8. The van der Waals surface area contributed by atoms with Gasteiger partial charge in [-0.15, -0.1) is 0 Å². The van der Waals surface area contributed by atoms with E-state index in [1.165, 1.54) is 0 Å². The van der Waals surface area contributed by atoms with Gasteiger partial charge in [-0.3, -0.25) is 0 Å². The average molecular weight is 281 g/mol. The van der Waals surface area contributed by atoms with Crippen molar-refractivity contribution in [2.24, 2.45) is 10.6 Å². The molecule has 1 fully saturated rings. The quantitative estimate of drug-likeness (QED) is 0.639. The number of sulfonamides is 1. The lowest BCUT2D eigenvalue weighted by atomic mass is 9.83. The van der Waals surface area contributed by atoms with Crippen molar-refractivity contribution < 1.29 is 22.6 Å². The third-order valence-electron chi connectivity index (χ3n) is 3.11. The van der Waals surface area contributed by atoms with E-state index >= 15 is 0 Å². The number of hydrogen-bond donors (Lipinski definition) is 1. The minimum absolute atomic E-state index is 0.0341. The predicted molar refractivity (Wildman–Crippen MR) is 67.8 cm³/mol. The van der Waals surface area contributed by atoms with Crippen LogP contribution in [0.25, 0.3) is 0 Å². The average Bonchev–Trinajstić information content (AvgIpc) is 2.27. The lowest BCUT2D eigenvalue weighted by Crippen LogP contribution is -2.42. The summed E-state index contributed by atoms with van der Waals surface area (Å²) in [6, 6.07) is 0. The van der Waals surface area contributed by atoms with Gasteiger partial charge in [0.05, 0.1) is 12.4 Å². The van der Waals surface area contributed by atoms with Crippen molar-refractivity contribution in [3.8, 4) is 0 Å². The Morgan fingerprint density at radius 1 is 1.28 bits per heavy atom. The Bertz CT molecular complexity index is 324. The van der Waals surface area contributed by atoms with Crippen molar-refractivity contribution in [2.45, 2.75) is 19.3 Å². The van der Waals surface area contributed by atoms with E-state index in [0.29, 0.717) is 45.9 Å². The normalized spacial score (nSPS) is 19.9. The Morgan fingerprint density at radius 3 is 2.50 bits per heavy atom. The standard InChI is InChI=1S/C11H23NO5S/c1-15-5-2-6-17-9-11(10-18(12,13)14)3-7-16-8-4-11/h2-10H2,1H3,(H2,12,13,14). The number of ether oxygens (including phenoxy) is 3. The molecule has 1 heterocycles. The Labute approximate surface area is 109 Å². The van der Waals surface area contributed by atoms with E-state index in [1.54, 1.807) is 7.11 Å². The van der Waals surface area contributed by atoms with Crippen molar-refractivity contribution in [1.29, 1.82) is 0 Å². The summed E-state index contributed by atoms with van der Waals surface area (Å²) in [6.45, 7) is 2.76. The molecular weight excluding hydrogens is 258 g/mol. The molecule has 108 valence electrons. The molecule has 0 amide bonds. The molecule has 0 aromatic rings. The molecule has 0 unspecified atom stereocenters. The smallest absolute Gasteiger partial charge is 0.209 e. The van der Waals surface area contributed by atoms with Gasteiger partial charge in [-0.05, 0) is 19.3 Å². The molecule has 1 saturated heterocycles. The van der Waals surface area contributed by atoms with Gasteiger partial charge < -0.3 is 14.2 Å². The molecule has 7 heteroatoms. The number of methoxy groups -OCH3 is 1. The Kier molecular flexibility index (Phi) is 6.51. The van der Waals surface area contributed by atoms with Crippen molar-refractivity contribution in [3.05, 3.63) is 0 Å². The molecule has 0 spiro atoms. The highest BCUT2D eigenvalue weighted by Crippen LogP contribution is 2.32. The molecule has 2 N–H and O–H groups in total. The van der Waals surface area contributed by atoms with Crippen LogP contribution < -0.4 is 5.14 Å². The second kappa shape index (κ2) is 7.40. The highest BCUT2D eigenvalue weighted by molar-refractivity contribution is 7.89. The van der Waals surface area contributed by atoms with Crippen LogP contribution in [0.4, 0.5) is 0 Å². The summed E-state index contributed by atoms with van der Waals surface area (Å²) in [5, 5.41) is 5.16. The lowest BCUT2D eigenvalue weighted by molar-refractivity contribution is -0.0306. The molecule has 0 aromatic heterocycles. The van der Waals surface area contributed by atoms with E-state index in [9.17, 15) is 8.42 Å². The third kappa shape index (κ3) is 6.10. The molecule has 18 heavy (non-hydrogen) atoms. The number of hydrogen-bond acceptors (Lipinski definition) is 5. The first-order valence-corrected chi connectivity index (χ1v) is 7.84. The van der Waals surface area contributed by atoms with Crippen LogP contribution in [0.3, 0.4) is 0 Å². The second-order valence-electron chi connectivity index (χ2n) is 4.82. The minimum Gasteiger partial charge on any atom is -0.385 e. The minimum atomic E-state index is -3.49. The maximum Gasteiger partial charge on any atom is 0.209 e. The Hall–Kier alpha value is -0.210. The highest BCUT2D eigenvalue weighted by atomic mass is 32.2. The first-order chi connectivity index (χ1) is 8.47. The SMILES string of the molecule is COCCCOCC1(CS(N)(=O)=O)CCOCC1. The van der Waals surface area contributed by atoms with Gasteiger partial charge >= 0.3 is 0 Å². The van der Waals surface area contributed by atoms with Crippen LogP contribution in [0.2, 0.25) is 0 Å². The number of nitrogens with two attached hydrogens (primary N) is 1. The third-order valence-corrected chi connectivity index (χ3v) is 4.12. The summed E-state index contributed by atoms with van der Waals surface area (Å²) in [5.41, 5.74) is -0.390. The monoisotopic (exact) mass is 281 g/mol. The molecule has 6 nitrogen and oxygen atoms in total. The zero-order valence-corrected chi connectivity index (χ0v) is 11.7. The molecule has 0 radical (unpaired) electrons. The molecule has 1 aliphatic heterocycles. The first-order valence-electron chi connectivity index (χ1n) is 6.12. The molecule has 0 bridgehead atoms. The van der Waals surface area contributed by atoms with Crippen LogP contribution in [-0.4, -0.2) is 54.3 Å². The Morgan fingerprint density at radius 2 is 1.94 bits per heavy atom. The van der Waals surface area contributed by atoms with E-state index in [4.69, 9.17) is 19.3 Å². The largest absolute Gasteiger partial charge is 0.385 e. The van der Waals surface area contributed by atoms with Gasteiger partial charge in [-0.25, -0.2) is 13.6 Å². The molecular formula is C11H23NO5S. The van der Waals surface area contributed by atoms with E-state index < -0.39 is 10.0 Å². The van der Waals surface area contributed by atoms with Gasteiger partial charge in [0.25, 0.3) is 0 Å². The molecule has 1 aliphatic rings. The number of primary sulfonamides is 1. The zero-order chi connectivity index (χ0) is 13.5. The fourth-order valence-electron chi connectivity index (χ4n) is 2.16. The van der Waals surface area contributed by atoms with Gasteiger partial charge in [0.2, 0.25) is 10.0 Å². The van der Waals surface area contributed by atoms with Gasteiger partial charge in [0, 0.05) is 39.0 Å². The lowest BCUT2D eigenvalue weighted by Gasteiger charge is -2.36. The van der Waals surface area contributed by atoms with Crippen molar-refractivity contribution in [3.63, 3.8) is 0 Å². The van der Waals surface area contributed by atoms with Crippen LogP contribution >= 0.6 is 0 Å². The van der Waals surface area contributed by atoms with Crippen LogP contribution in [0.1, 0.15) is 19.3 Å². The molecule has 0 atom stereocenters. The van der Waals surface area contributed by atoms with Gasteiger partial charge in [0.1, 0.15) is 0 Å². The van der Waals surface area contributed by atoms with E-state index in [0.717, 1.165) is 6.42 Å². The Balaban J connectivity index is 2.45. The summed E-state index contributed by atoms with van der Waals surface area (Å²) in [6.07, 6.45) is 2.15. The fraction of sp³-hybridized carbons (Fsp3) is 1.00. The fourth-order valence-corrected chi connectivity index (χ4v) is 3.38. The van der Waals surface area contributed by atoms with Crippen molar-refractivity contribution >= 4 is 10.0 Å². The van der Waals surface area contributed by atoms with E-state index in [2.05, 4.69) is 0 Å². The molecule has 0 saturated carbocycles. The second-order valence-corrected chi connectivity index (χ2v) is 6.43. The zero-order valence-electron chi connectivity index (χ0n) is 10.9. The highest BCUT2D eigenvalue weighted by Gasteiger charge is 2.36. The van der Waals surface area contributed by atoms with E-state index in [-0.39, 0.29) is 11.2 Å². The molecule has 1 rings (SSSR count). The van der Waals surface area contributed by atoms with Gasteiger partial charge in [0.15, 0.2) is 0 Å². The van der Waals surface area contributed by atoms with Crippen molar-refractivity contribution in [1.82, 2.24) is 0 Å². The molecule has 0 aromatic carbocycles. The maximum atomic E-state index is 11.3. The van der Waals surface area contributed by atoms with Crippen LogP contribution in [0, 0.1) is 5.41 Å². The summed E-state index contributed by atoms with van der Waals surface area (Å²) >= 11 is 0. The van der Waals surface area contributed by atoms with Crippen LogP contribution in [0.5, 0.6) is 0 Å². The topological polar surface area (TPSA) is 87.9 Å². The van der Waals surface area contributed by atoms with E-state index in [1.807, 2.05) is 0 Å². The van der Waals surface area contributed by atoms with Crippen LogP contribution in [-0.2, 0) is 24.2 Å². The van der Waals surface area contributed by atoms with Gasteiger partial charge in [-0.2, -0.15) is 0 Å². The summed E-state index contributed by atoms with van der Waals surface area (Å²) in [5.74, 6) is -0.0341.